The number of hydrogen-bond acceptors (Lipinski definition) is 6. The van der Waals surface area contributed by atoms with Crippen molar-refractivity contribution in [3.63, 3.8) is 0 Å². The van der Waals surface area contributed by atoms with Crippen LogP contribution in [0.3, 0.4) is 0 Å². The van der Waals surface area contributed by atoms with Crippen LogP contribution in [0.2, 0.25) is 0 Å². The predicted molar refractivity (Wildman–Crippen MR) is 189 cm³/mol. The van der Waals surface area contributed by atoms with Crippen LogP contribution in [-0.2, 0) is 30.6 Å². The molecular weight excluding hydrogens is 588 g/mol. The molecule has 0 heterocycles. The van der Waals surface area contributed by atoms with Crippen LogP contribution in [-0.4, -0.2) is 52.6 Å². The van der Waals surface area contributed by atoms with Crippen molar-refractivity contribution in [3.05, 3.63) is 132 Å². The monoisotopic (exact) mass is 640 g/mol. The minimum Gasteiger partial charge on any atom is -0.490 e. The topological polar surface area (TPSA) is 99.4 Å². The lowest BCUT2D eigenvalue weighted by molar-refractivity contribution is -0.132. The Balaban J connectivity index is 1.83. The highest BCUT2D eigenvalue weighted by molar-refractivity contribution is 5.52. The Bertz CT molecular complexity index is 1530. The van der Waals surface area contributed by atoms with E-state index in [2.05, 4.69) is 104 Å². The molecule has 0 saturated carbocycles. The molecule has 6 nitrogen and oxygen atoms in total. The Morgan fingerprint density at radius 2 is 0.979 bits per heavy atom. The quantitative estimate of drug-likeness (QED) is 0.118. The molecule has 0 aliphatic rings. The van der Waals surface area contributed by atoms with Crippen molar-refractivity contribution in [2.75, 3.05) is 19.8 Å². The van der Waals surface area contributed by atoms with E-state index in [1.165, 1.54) is 44.5 Å². The van der Waals surface area contributed by atoms with Crippen molar-refractivity contribution in [3.8, 4) is 5.75 Å². The molecule has 0 spiro atoms. The molecule has 6 heteroatoms. The molecule has 2 unspecified atom stereocenters. The fourth-order valence-electron chi connectivity index (χ4n) is 6.41. The summed E-state index contributed by atoms with van der Waals surface area (Å²) in [6.45, 7) is 16.2. The van der Waals surface area contributed by atoms with Gasteiger partial charge in [0.05, 0.1) is 19.8 Å². The van der Waals surface area contributed by atoms with Gasteiger partial charge in [-0.3, -0.25) is 0 Å². The Morgan fingerprint density at radius 1 is 0.553 bits per heavy atom. The number of ether oxygens (including phenoxy) is 2. The standard InChI is InChI=1S/C41H52O6/c1-24-9-34(17-32-13-26(3)30(7)27(4)14-32)39(23-46-40(45)21-43)35(10-24)19-37-12-25(2)11-36(41(37)47-22-38(44)20-42)18-33-15-28(5)31(8)29(6)16-33/h9-16,38,40,42-45H,17-23H2,1-8H3. The fraction of sp³-hybridized carbons (Fsp3) is 0.415. The molecule has 0 amide bonds. The molecule has 47 heavy (non-hydrogen) atoms. The number of aliphatic hydroxyl groups is 4. The lowest BCUT2D eigenvalue weighted by atomic mass is 9.88. The first-order chi connectivity index (χ1) is 22.3. The second kappa shape index (κ2) is 16.1. The van der Waals surface area contributed by atoms with E-state index in [0.29, 0.717) is 25.0 Å². The first kappa shape index (κ1) is 36.3. The normalized spacial score (nSPS) is 12.8. The van der Waals surface area contributed by atoms with Gasteiger partial charge >= 0.3 is 0 Å². The molecule has 0 saturated heterocycles. The third kappa shape index (κ3) is 9.31. The van der Waals surface area contributed by atoms with E-state index in [1.54, 1.807) is 0 Å². The molecule has 4 aromatic carbocycles. The minimum atomic E-state index is -1.29. The second-order valence-electron chi connectivity index (χ2n) is 13.3. The van der Waals surface area contributed by atoms with Crippen LogP contribution in [0, 0.1) is 55.4 Å². The minimum absolute atomic E-state index is 0.0324. The van der Waals surface area contributed by atoms with Gasteiger partial charge in [0.15, 0.2) is 6.29 Å². The van der Waals surface area contributed by atoms with Crippen LogP contribution in [0.4, 0.5) is 0 Å². The summed E-state index contributed by atoms with van der Waals surface area (Å²) >= 11 is 0. The summed E-state index contributed by atoms with van der Waals surface area (Å²) in [5.41, 5.74) is 17.2. The number of hydrogen-bond donors (Lipinski definition) is 4. The van der Waals surface area contributed by atoms with Crippen molar-refractivity contribution in [2.24, 2.45) is 0 Å². The van der Waals surface area contributed by atoms with E-state index < -0.39 is 19.0 Å². The van der Waals surface area contributed by atoms with Gasteiger partial charge in [0.1, 0.15) is 18.5 Å². The Kier molecular flexibility index (Phi) is 12.4. The summed E-state index contributed by atoms with van der Waals surface area (Å²) < 4.78 is 12.1. The maximum Gasteiger partial charge on any atom is 0.178 e. The zero-order valence-corrected chi connectivity index (χ0v) is 29.3. The lowest BCUT2D eigenvalue weighted by Crippen LogP contribution is -2.22. The Labute approximate surface area is 280 Å². The van der Waals surface area contributed by atoms with E-state index in [-0.39, 0.29) is 19.8 Å². The largest absolute Gasteiger partial charge is 0.490 e. The van der Waals surface area contributed by atoms with E-state index in [9.17, 15) is 20.4 Å². The summed E-state index contributed by atoms with van der Waals surface area (Å²) in [6.07, 6.45) is -0.407. The maximum atomic E-state index is 10.3. The number of benzene rings is 4. The maximum absolute atomic E-state index is 10.3. The zero-order valence-electron chi connectivity index (χ0n) is 29.3. The number of rotatable bonds is 14. The first-order valence-electron chi connectivity index (χ1n) is 16.5. The Morgan fingerprint density at radius 3 is 1.45 bits per heavy atom. The van der Waals surface area contributed by atoms with Gasteiger partial charge in [-0.25, -0.2) is 0 Å². The van der Waals surface area contributed by atoms with Gasteiger partial charge in [0.2, 0.25) is 0 Å². The number of aryl methyl sites for hydroxylation is 6. The molecule has 0 aromatic heterocycles. The van der Waals surface area contributed by atoms with Crippen LogP contribution >= 0.6 is 0 Å². The highest BCUT2D eigenvalue weighted by atomic mass is 16.6. The van der Waals surface area contributed by atoms with E-state index in [0.717, 1.165) is 38.9 Å². The molecule has 4 N–H and O–H groups in total. The van der Waals surface area contributed by atoms with Gasteiger partial charge in [0, 0.05) is 12.8 Å². The summed E-state index contributed by atoms with van der Waals surface area (Å²) in [7, 11) is 0. The van der Waals surface area contributed by atoms with Gasteiger partial charge in [-0.05, 0) is 134 Å². The lowest BCUT2D eigenvalue weighted by Gasteiger charge is -2.22. The molecule has 4 rings (SSSR count). The number of aliphatic hydroxyl groups excluding tert-OH is 4. The predicted octanol–water partition coefficient (Wildman–Crippen LogP) is 6.49. The van der Waals surface area contributed by atoms with Crippen LogP contribution < -0.4 is 4.74 Å². The van der Waals surface area contributed by atoms with Crippen LogP contribution in [0.1, 0.15) is 83.5 Å². The van der Waals surface area contributed by atoms with Crippen LogP contribution in [0.25, 0.3) is 0 Å². The van der Waals surface area contributed by atoms with Gasteiger partial charge in [0.25, 0.3) is 0 Å². The third-order valence-electron chi connectivity index (χ3n) is 9.32. The van der Waals surface area contributed by atoms with Gasteiger partial charge in [-0.15, -0.1) is 0 Å². The average Bonchev–Trinajstić information content (AvgIpc) is 3.01. The van der Waals surface area contributed by atoms with Crippen molar-refractivity contribution < 1.29 is 29.9 Å². The molecule has 0 radical (unpaired) electrons. The second-order valence-corrected chi connectivity index (χ2v) is 13.3. The average molecular weight is 641 g/mol. The SMILES string of the molecule is Cc1cc(Cc2cc(C)c(C)c(C)c2)c(COC(O)CO)c(Cc2cc(C)cc(Cc3cc(C)c(C)c(C)c3)c2OCC(O)CO)c1. The summed E-state index contributed by atoms with van der Waals surface area (Å²) in [5.74, 6) is 0.703. The first-order valence-corrected chi connectivity index (χ1v) is 16.5. The van der Waals surface area contributed by atoms with E-state index in [4.69, 9.17) is 9.47 Å². The van der Waals surface area contributed by atoms with Crippen molar-refractivity contribution in [1.29, 1.82) is 0 Å². The third-order valence-corrected chi connectivity index (χ3v) is 9.32. The summed E-state index contributed by atoms with van der Waals surface area (Å²) in [6, 6.07) is 17.5. The molecule has 0 aliphatic carbocycles. The fourth-order valence-corrected chi connectivity index (χ4v) is 6.41. The highest BCUT2D eigenvalue weighted by Crippen LogP contribution is 2.34. The summed E-state index contributed by atoms with van der Waals surface area (Å²) in [4.78, 5) is 0. The van der Waals surface area contributed by atoms with Crippen molar-refractivity contribution in [1.82, 2.24) is 0 Å². The summed E-state index contributed by atoms with van der Waals surface area (Å²) in [5, 5.41) is 39.5. The van der Waals surface area contributed by atoms with Crippen molar-refractivity contribution >= 4 is 0 Å². The van der Waals surface area contributed by atoms with Crippen LogP contribution in [0.15, 0.2) is 48.5 Å². The van der Waals surface area contributed by atoms with Crippen LogP contribution in [0.5, 0.6) is 5.75 Å². The van der Waals surface area contributed by atoms with Gasteiger partial charge in [-0.2, -0.15) is 0 Å². The molecule has 0 fully saturated rings. The highest BCUT2D eigenvalue weighted by Gasteiger charge is 2.19. The zero-order chi connectivity index (χ0) is 34.4. The molecule has 0 aliphatic heterocycles. The van der Waals surface area contributed by atoms with E-state index in [1.807, 2.05) is 0 Å². The van der Waals surface area contributed by atoms with E-state index >= 15 is 0 Å². The Hall–Kier alpha value is -3.52. The molecule has 0 bridgehead atoms. The molecule has 252 valence electrons. The molecule has 4 aromatic rings. The molecule has 2 atom stereocenters. The van der Waals surface area contributed by atoms with Gasteiger partial charge in [-0.1, -0.05) is 59.7 Å². The van der Waals surface area contributed by atoms with Crippen molar-refractivity contribution in [2.45, 2.75) is 93.7 Å². The smallest absolute Gasteiger partial charge is 0.178 e. The van der Waals surface area contributed by atoms with Gasteiger partial charge < -0.3 is 29.9 Å². The molecular formula is C41H52O6.